The summed E-state index contributed by atoms with van der Waals surface area (Å²) in [5.41, 5.74) is 12.2. The van der Waals surface area contributed by atoms with Gasteiger partial charge in [0.25, 0.3) is 0 Å². The molecule has 0 aliphatic rings. The van der Waals surface area contributed by atoms with Crippen LogP contribution in [0.4, 0.5) is 17.1 Å². The van der Waals surface area contributed by atoms with Gasteiger partial charge in [-0.25, -0.2) is 0 Å². The van der Waals surface area contributed by atoms with E-state index in [2.05, 4.69) is 198 Å². The van der Waals surface area contributed by atoms with Gasteiger partial charge in [-0.1, -0.05) is 96.6 Å². The molecule has 0 unspecified atom stereocenters. The van der Waals surface area contributed by atoms with Gasteiger partial charge in [0.15, 0.2) is 11.6 Å². The summed E-state index contributed by atoms with van der Waals surface area (Å²) in [4.78, 5) is 2.29. The zero-order valence-electron chi connectivity index (χ0n) is 28.5. The molecule has 0 spiro atoms. The van der Waals surface area contributed by atoms with Crippen molar-refractivity contribution < 1.29 is 0 Å². The van der Waals surface area contributed by atoms with Crippen LogP contribution < -0.4 is 4.90 Å². The SMILES string of the molecule is Cc1ccc(-c2nnc(-c3ccc(N(c4ccccc4)c4ccc(-n5c6ccccc6c6ccccc65)cc4)cc3)n2-c2ccccc2)c(C)c1. The Labute approximate surface area is 297 Å². The van der Waals surface area contributed by atoms with Crippen LogP contribution in [0.25, 0.3) is 56.0 Å². The highest BCUT2D eigenvalue weighted by Crippen LogP contribution is 2.38. The molecule has 9 aromatic rings. The Morgan fingerprint density at radius 3 is 1.57 bits per heavy atom. The first-order valence-corrected chi connectivity index (χ1v) is 17.3. The zero-order chi connectivity index (χ0) is 34.3. The summed E-state index contributed by atoms with van der Waals surface area (Å²) in [5, 5.41) is 12.0. The maximum Gasteiger partial charge on any atom is 0.169 e. The number of nitrogens with zero attached hydrogens (tertiary/aromatic N) is 5. The molecule has 5 heteroatoms. The molecular weight excluding hydrogens is 623 g/mol. The number of benzene rings is 7. The van der Waals surface area contributed by atoms with E-state index in [9.17, 15) is 0 Å². The van der Waals surface area contributed by atoms with Gasteiger partial charge in [-0.3, -0.25) is 4.57 Å². The Bertz CT molecular complexity index is 2580. The molecule has 0 aliphatic carbocycles. The van der Waals surface area contributed by atoms with Crippen molar-refractivity contribution in [3.63, 3.8) is 0 Å². The molecule has 0 saturated carbocycles. The second-order valence-electron chi connectivity index (χ2n) is 12.9. The lowest BCUT2D eigenvalue weighted by Gasteiger charge is -2.26. The molecule has 0 bridgehead atoms. The molecule has 7 aromatic carbocycles. The largest absolute Gasteiger partial charge is 0.311 e. The molecule has 2 heterocycles. The Balaban J connectivity index is 1.12. The van der Waals surface area contributed by atoms with Crippen molar-refractivity contribution >= 4 is 38.9 Å². The molecule has 0 radical (unpaired) electrons. The van der Waals surface area contributed by atoms with Crippen molar-refractivity contribution in [2.75, 3.05) is 4.90 Å². The number of aromatic nitrogens is 4. The van der Waals surface area contributed by atoms with Crippen LogP contribution in [0.5, 0.6) is 0 Å². The van der Waals surface area contributed by atoms with Gasteiger partial charge >= 0.3 is 0 Å². The smallest absolute Gasteiger partial charge is 0.169 e. The molecule has 2 aromatic heterocycles. The van der Waals surface area contributed by atoms with Crippen molar-refractivity contribution in [2.24, 2.45) is 0 Å². The highest BCUT2D eigenvalue weighted by molar-refractivity contribution is 6.09. The summed E-state index contributed by atoms with van der Waals surface area (Å²) >= 11 is 0. The van der Waals surface area contributed by atoms with Gasteiger partial charge in [-0.15, -0.1) is 10.2 Å². The second-order valence-corrected chi connectivity index (χ2v) is 12.9. The molecule has 0 N–H and O–H groups in total. The van der Waals surface area contributed by atoms with Crippen LogP contribution in [0.2, 0.25) is 0 Å². The Morgan fingerprint density at radius 2 is 0.941 bits per heavy atom. The highest BCUT2D eigenvalue weighted by Gasteiger charge is 2.20. The van der Waals surface area contributed by atoms with E-state index in [4.69, 9.17) is 10.2 Å². The van der Waals surface area contributed by atoms with Crippen molar-refractivity contribution in [1.29, 1.82) is 0 Å². The zero-order valence-corrected chi connectivity index (χ0v) is 28.5. The average molecular weight is 658 g/mol. The van der Waals surface area contributed by atoms with Crippen LogP contribution in [0.3, 0.4) is 0 Å². The van der Waals surface area contributed by atoms with Gasteiger partial charge in [0.05, 0.1) is 11.0 Å². The van der Waals surface area contributed by atoms with Gasteiger partial charge in [0, 0.05) is 50.3 Å². The lowest BCUT2D eigenvalue weighted by molar-refractivity contribution is 1.07. The van der Waals surface area contributed by atoms with Gasteiger partial charge in [-0.2, -0.15) is 0 Å². The Kier molecular flexibility index (Phi) is 7.51. The standard InChI is InChI=1S/C46H35N5/c1-32-21-30-40(33(2)31-32)46-48-47-45(51(46)36-15-7-4-8-16-36)34-22-24-37(25-23-34)49(35-13-5-3-6-14-35)38-26-28-39(29-27-38)50-43-19-11-9-17-41(43)42-18-10-12-20-44(42)50/h3-31H,1-2H3. The summed E-state index contributed by atoms with van der Waals surface area (Å²) in [5.74, 6) is 1.62. The first-order chi connectivity index (χ1) is 25.1. The van der Waals surface area contributed by atoms with Crippen LogP contribution in [-0.2, 0) is 0 Å². The molecule has 0 atom stereocenters. The molecular formula is C46H35N5. The van der Waals surface area contributed by atoms with E-state index in [1.54, 1.807) is 0 Å². The molecule has 9 rings (SSSR count). The maximum atomic E-state index is 4.77. The highest BCUT2D eigenvalue weighted by atomic mass is 15.3. The number of rotatable bonds is 7. The number of aryl methyl sites for hydroxylation is 2. The fourth-order valence-corrected chi connectivity index (χ4v) is 7.27. The van der Waals surface area contributed by atoms with Crippen LogP contribution in [0, 0.1) is 13.8 Å². The van der Waals surface area contributed by atoms with E-state index in [0.717, 1.165) is 51.2 Å². The van der Waals surface area contributed by atoms with Gasteiger partial charge < -0.3 is 9.47 Å². The van der Waals surface area contributed by atoms with Gasteiger partial charge in [-0.05, 0) is 104 Å². The van der Waals surface area contributed by atoms with Crippen molar-refractivity contribution in [3.05, 3.63) is 187 Å². The van der Waals surface area contributed by atoms with Crippen LogP contribution in [0.15, 0.2) is 176 Å². The van der Waals surface area contributed by atoms with Gasteiger partial charge in [0.2, 0.25) is 0 Å². The van der Waals surface area contributed by atoms with E-state index in [-0.39, 0.29) is 0 Å². The molecule has 51 heavy (non-hydrogen) atoms. The quantitative estimate of drug-likeness (QED) is 0.171. The summed E-state index contributed by atoms with van der Waals surface area (Å²) in [6.07, 6.45) is 0. The minimum Gasteiger partial charge on any atom is -0.311 e. The van der Waals surface area contributed by atoms with Crippen LogP contribution >= 0.6 is 0 Å². The minimum absolute atomic E-state index is 0.796. The fraction of sp³-hybridized carbons (Fsp3) is 0.0435. The summed E-state index contributed by atoms with van der Waals surface area (Å²) < 4.78 is 4.51. The first-order valence-electron chi connectivity index (χ1n) is 17.3. The predicted octanol–water partition coefficient (Wildman–Crippen LogP) is 11.8. The van der Waals surface area contributed by atoms with Crippen molar-refractivity contribution in [2.45, 2.75) is 13.8 Å². The summed E-state index contributed by atoms with van der Waals surface area (Å²) in [6, 6.07) is 62.1. The lowest BCUT2D eigenvalue weighted by Crippen LogP contribution is -2.10. The topological polar surface area (TPSA) is 38.9 Å². The maximum absolute atomic E-state index is 4.77. The number of hydrogen-bond donors (Lipinski definition) is 0. The monoisotopic (exact) mass is 657 g/mol. The third kappa shape index (κ3) is 5.36. The van der Waals surface area contributed by atoms with Crippen molar-refractivity contribution in [3.8, 4) is 34.2 Å². The normalized spacial score (nSPS) is 11.3. The predicted molar refractivity (Wildman–Crippen MR) is 211 cm³/mol. The summed E-state index contributed by atoms with van der Waals surface area (Å²) in [7, 11) is 0. The van der Waals surface area contributed by atoms with E-state index in [1.165, 1.54) is 32.9 Å². The minimum atomic E-state index is 0.796. The van der Waals surface area contributed by atoms with Crippen LogP contribution in [0.1, 0.15) is 11.1 Å². The third-order valence-electron chi connectivity index (χ3n) is 9.64. The Hall–Kier alpha value is -6.72. The molecule has 244 valence electrons. The van der Waals surface area contributed by atoms with E-state index < -0.39 is 0 Å². The second kappa shape index (κ2) is 12.6. The lowest BCUT2D eigenvalue weighted by atomic mass is 10.0. The molecule has 0 saturated heterocycles. The fourth-order valence-electron chi connectivity index (χ4n) is 7.27. The first kappa shape index (κ1) is 30.3. The average Bonchev–Trinajstić information content (AvgIpc) is 3.77. The molecule has 0 fully saturated rings. The molecule has 5 nitrogen and oxygen atoms in total. The number of anilines is 3. The summed E-state index contributed by atoms with van der Waals surface area (Å²) in [6.45, 7) is 4.25. The number of fused-ring (bicyclic) bond motifs is 3. The van der Waals surface area contributed by atoms with E-state index >= 15 is 0 Å². The number of hydrogen-bond acceptors (Lipinski definition) is 3. The Morgan fingerprint density at radius 1 is 0.431 bits per heavy atom. The third-order valence-corrected chi connectivity index (χ3v) is 9.64. The molecule has 0 amide bonds. The molecule has 0 aliphatic heterocycles. The number of para-hydroxylation sites is 4. The van der Waals surface area contributed by atoms with Crippen molar-refractivity contribution in [1.82, 2.24) is 19.3 Å². The van der Waals surface area contributed by atoms with E-state index in [0.29, 0.717) is 0 Å². The van der Waals surface area contributed by atoms with Crippen LogP contribution in [-0.4, -0.2) is 19.3 Å². The van der Waals surface area contributed by atoms with Gasteiger partial charge in [0.1, 0.15) is 0 Å². The van der Waals surface area contributed by atoms with E-state index in [1.807, 2.05) is 6.07 Å².